The van der Waals surface area contributed by atoms with E-state index in [1.54, 1.807) is 24.3 Å². The number of nitrogens with zero attached hydrogens (tertiary/aromatic N) is 3. The highest BCUT2D eigenvalue weighted by molar-refractivity contribution is 6.30. The fourth-order valence-corrected chi connectivity index (χ4v) is 2.10. The van der Waals surface area contributed by atoms with Crippen molar-refractivity contribution in [2.75, 3.05) is 17.6 Å². The third-order valence-corrected chi connectivity index (χ3v) is 3.27. The smallest absolute Gasteiger partial charge is 0.224 e. The van der Waals surface area contributed by atoms with Crippen LogP contribution in [-0.2, 0) is 0 Å². The second-order valence-electron chi connectivity index (χ2n) is 4.48. The van der Waals surface area contributed by atoms with Crippen LogP contribution in [0.3, 0.4) is 0 Å². The van der Waals surface area contributed by atoms with Gasteiger partial charge in [-0.05, 0) is 17.7 Å². The molecule has 5 N–H and O–H groups in total. The minimum absolute atomic E-state index is 0.123. The number of hydrogen-bond acceptors (Lipinski definition) is 6. The second kappa shape index (κ2) is 5.55. The summed E-state index contributed by atoms with van der Waals surface area (Å²) in [6.07, 6.45) is 0.816. The molecule has 3 rings (SSSR count). The van der Waals surface area contributed by atoms with E-state index in [0.717, 1.165) is 5.56 Å². The number of aromatic amines is 1. The van der Waals surface area contributed by atoms with Gasteiger partial charge in [0.05, 0.1) is 12.4 Å². The Balaban J connectivity index is 1.77. The van der Waals surface area contributed by atoms with Gasteiger partial charge in [-0.25, -0.2) is 4.98 Å². The van der Waals surface area contributed by atoms with Crippen LogP contribution in [0.5, 0.6) is 0 Å². The van der Waals surface area contributed by atoms with Gasteiger partial charge in [-0.3, -0.25) is 0 Å². The maximum Gasteiger partial charge on any atom is 0.224 e. The van der Waals surface area contributed by atoms with Gasteiger partial charge in [0.1, 0.15) is 5.52 Å². The molecule has 0 radical (unpaired) electrons. The Morgan fingerprint density at radius 2 is 2.05 bits per heavy atom. The fraction of sp³-hybridized carbons (Fsp3) is 0.154. The lowest BCUT2D eigenvalue weighted by Gasteiger charge is -2.13. The van der Waals surface area contributed by atoms with Crippen LogP contribution >= 0.6 is 11.6 Å². The zero-order valence-electron chi connectivity index (χ0n) is 10.9. The first-order chi connectivity index (χ1) is 10.1. The van der Waals surface area contributed by atoms with Crippen molar-refractivity contribution in [1.29, 1.82) is 0 Å². The van der Waals surface area contributed by atoms with E-state index in [2.05, 4.69) is 25.3 Å². The highest BCUT2D eigenvalue weighted by Crippen LogP contribution is 2.20. The maximum atomic E-state index is 10.2. The van der Waals surface area contributed by atoms with E-state index >= 15 is 0 Å². The highest BCUT2D eigenvalue weighted by atomic mass is 35.5. The second-order valence-corrected chi connectivity index (χ2v) is 4.92. The van der Waals surface area contributed by atoms with Crippen LogP contribution in [0.1, 0.15) is 11.7 Å². The minimum Gasteiger partial charge on any atom is -0.387 e. The number of nitrogen functional groups attached to an aromatic ring is 1. The molecule has 0 amide bonds. The van der Waals surface area contributed by atoms with E-state index < -0.39 is 6.10 Å². The van der Waals surface area contributed by atoms with Crippen molar-refractivity contribution in [2.45, 2.75) is 6.10 Å². The summed E-state index contributed by atoms with van der Waals surface area (Å²) in [5.74, 6) is 0.626. The van der Waals surface area contributed by atoms with Crippen LogP contribution in [-0.4, -0.2) is 31.6 Å². The maximum absolute atomic E-state index is 10.2. The SMILES string of the molecule is Nc1nc(NC[C@@H](O)c2ccc(Cl)cc2)c2[nH]cnc2n1. The third-order valence-electron chi connectivity index (χ3n) is 3.02. The number of imidazole rings is 1. The highest BCUT2D eigenvalue weighted by Gasteiger charge is 2.11. The first-order valence-corrected chi connectivity index (χ1v) is 6.65. The van der Waals surface area contributed by atoms with Gasteiger partial charge in [-0.2, -0.15) is 9.97 Å². The van der Waals surface area contributed by atoms with E-state index in [-0.39, 0.29) is 12.5 Å². The molecule has 0 bridgehead atoms. The number of aliphatic hydroxyl groups is 1. The van der Waals surface area contributed by atoms with Crippen LogP contribution in [0.25, 0.3) is 11.2 Å². The monoisotopic (exact) mass is 304 g/mol. The number of halogens is 1. The first kappa shape index (κ1) is 13.6. The van der Waals surface area contributed by atoms with Crippen LogP contribution in [0.4, 0.5) is 11.8 Å². The van der Waals surface area contributed by atoms with Crippen molar-refractivity contribution >= 4 is 34.5 Å². The number of rotatable bonds is 4. The summed E-state index contributed by atoms with van der Waals surface area (Å²) in [5, 5.41) is 13.8. The largest absolute Gasteiger partial charge is 0.387 e. The molecule has 0 aliphatic heterocycles. The number of aromatic nitrogens is 4. The quantitative estimate of drug-likeness (QED) is 0.584. The number of benzene rings is 1. The lowest BCUT2D eigenvalue weighted by molar-refractivity contribution is 0.191. The molecule has 0 unspecified atom stereocenters. The van der Waals surface area contributed by atoms with Crippen LogP contribution in [0, 0.1) is 0 Å². The van der Waals surface area contributed by atoms with E-state index in [0.29, 0.717) is 22.0 Å². The van der Waals surface area contributed by atoms with Gasteiger partial charge in [-0.1, -0.05) is 23.7 Å². The Bertz CT molecular complexity index is 757. The zero-order valence-corrected chi connectivity index (χ0v) is 11.7. The first-order valence-electron chi connectivity index (χ1n) is 6.27. The molecule has 2 heterocycles. The molecule has 1 aromatic carbocycles. The Labute approximate surface area is 125 Å². The normalized spacial score (nSPS) is 12.5. The molecule has 0 aliphatic rings. The average Bonchev–Trinajstić information content (AvgIpc) is 2.93. The summed E-state index contributed by atoms with van der Waals surface area (Å²) in [6, 6.07) is 7.01. The fourth-order valence-electron chi connectivity index (χ4n) is 1.97. The number of anilines is 2. The van der Waals surface area contributed by atoms with Crippen LogP contribution in [0.2, 0.25) is 5.02 Å². The molecule has 108 valence electrons. The standard InChI is InChI=1S/C13H13ClN6O/c14-8-3-1-7(2-4-8)9(21)5-16-11-10-12(18-6-17-10)20-13(15)19-11/h1-4,6,9,21H,5H2,(H4,15,16,17,18,19,20)/t9-/m1/s1. The van der Waals surface area contributed by atoms with E-state index in [9.17, 15) is 5.11 Å². The molecule has 1 atom stereocenters. The minimum atomic E-state index is -0.698. The molecule has 0 saturated heterocycles. The molecule has 0 spiro atoms. The van der Waals surface area contributed by atoms with Crippen molar-refractivity contribution in [3.8, 4) is 0 Å². The molecule has 2 aromatic heterocycles. The number of nitrogens with one attached hydrogen (secondary N) is 2. The number of nitrogens with two attached hydrogens (primary N) is 1. The van der Waals surface area contributed by atoms with Crippen LogP contribution in [0.15, 0.2) is 30.6 Å². The lowest BCUT2D eigenvalue weighted by atomic mass is 10.1. The molecule has 8 heteroatoms. The summed E-state index contributed by atoms with van der Waals surface area (Å²) in [5.41, 5.74) is 7.51. The molecular formula is C13H13ClN6O. The van der Waals surface area contributed by atoms with Crippen molar-refractivity contribution in [2.24, 2.45) is 0 Å². The predicted octanol–water partition coefficient (Wildman–Crippen LogP) is 1.73. The summed E-state index contributed by atoms with van der Waals surface area (Å²) in [6.45, 7) is 0.270. The molecule has 7 nitrogen and oxygen atoms in total. The van der Waals surface area contributed by atoms with Crippen molar-refractivity contribution in [1.82, 2.24) is 19.9 Å². The molecule has 21 heavy (non-hydrogen) atoms. The summed E-state index contributed by atoms with van der Waals surface area (Å²) in [7, 11) is 0. The van der Waals surface area contributed by atoms with Crippen LogP contribution < -0.4 is 11.1 Å². The number of aliphatic hydroxyl groups excluding tert-OH is 1. The van der Waals surface area contributed by atoms with Crippen molar-refractivity contribution < 1.29 is 5.11 Å². The molecule has 3 aromatic rings. The van der Waals surface area contributed by atoms with E-state index in [1.165, 1.54) is 6.33 Å². The number of fused-ring (bicyclic) bond motifs is 1. The van der Waals surface area contributed by atoms with Crippen molar-refractivity contribution in [3.63, 3.8) is 0 Å². The molecule has 0 fully saturated rings. The van der Waals surface area contributed by atoms with Gasteiger partial charge in [0.25, 0.3) is 0 Å². The summed E-state index contributed by atoms with van der Waals surface area (Å²) in [4.78, 5) is 15.1. The Kier molecular flexibility index (Phi) is 3.59. The molecule has 0 aliphatic carbocycles. The Hall–Kier alpha value is -2.38. The van der Waals surface area contributed by atoms with Gasteiger partial charge in [0.15, 0.2) is 11.5 Å². The van der Waals surface area contributed by atoms with Crippen molar-refractivity contribution in [3.05, 3.63) is 41.2 Å². The lowest BCUT2D eigenvalue weighted by Crippen LogP contribution is -2.14. The average molecular weight is 305 g/mol. The van der Waals surface area contributed by atoms with Gasteiger partial charge >= 0.3 is 0 Å². The predicted molar refractivity (Wildman–Crippen MR) is 81.0 cm³/mol. The zero-order chi connectivity index (χ0) is 14.8. The summed E-state index contributed by atoms with van der Waals surface area (Å²) < 4.78 is 0. The van der Waals surface area contributed by atoms with Gasteiger partial charge < -0.3 is 21.1 Å². The Morgan fingerprint density at radius 1 is 1.29 bits per heavy atom. The van der Waals surface area contributed by atoms with Gasteiger partial charge in [0.2, 0.25) is 5.95 Å². The van der Waals surface area contributed by atoms with E-state index in [4.69, 9.17) is 17.3 Å². The third kappa shape index (κ3) is 2.88. The number of H-pyrrole nitrogens is 1. The number of hydrogen-bond donors (Lipinski definition) is 4. The summed E-state index contributed by atoms with van der Waals surface area (Å²) >= 11 is 5.82. The van der Waals surface area contributed by atoms with Gasteiger partial charge in [0, 0.05) is 11.6 Å². The van der Waals surface area contributed by atoms with Gasteiger partial charge in [-0.15, -0.1) is 0 Å². The Morgan fingerprint density at radius 3 is 2.81 bits per heavy atom. The molecular weight excluding hydrogens is 292 g/mol. The van der Waals surface area contributed by atoms with E-state index in [1.807, 2.05) is 0 Å². The topological polar surface area (TPSA) is 113 Å². The molecule has 0 saturated carbocycles.